The monoisotopic (exact) mass is 263 g/mol. The summed E-state index contributed by atoms with van der Waals surface area (Å²) in [7, 11) is 1.93. The number of aryl methyl sites for hydroxylation is 1. The average Bonchev–Trinajstić information content (AvgIpc) is 2.78. The van der Waals surface area contributed by atoms with Gasteiger partial charge in [-0.15, -0.1) is 0 Å². The normalized spacial score (nSPS) is 10.8. The van der Waals surface area contributed by atoms with Crippen LogP contribution < -0.4 is 5.32 Å². The number of rotatable bonds is 5. The molecule has 2 rings (SSSR count). The first-order valence-electron chi connectivity index (χ1n) is 6.20. The van der Waals surface area contributed by atoms with Crippen LogP contribution in [0.5, 0.6) is 0 Å². The molecule has 0 bridgehead atoms. The molecular weight excluding hydrogens is 246 g/mol. The Labute approximate surface area is 113 Å². The Morgan fingerprint density at radius 3 is 2.78 bits per heavy atom. The number of hydrogen-bond donors (Lipinski definition) is 1. The van der Waals surface area contributed by atoms with Gasteiger partial charge in [-0.1, -0.05) is 30.7 Å². The summed E-state index contributed by atoms with van der Waals surface area (Å²) in [5.74, 6) is 0. The second kappa shape index (κ2) is 6.03. The van der Waals surface area contributed by atoms with Crippen LogP contribution in [0.25, 0.3) is 11.3 Å². The highest BCUT2D eigenvalue weighted by atomic mass is 35.5. The molecule has 0 amide bonds. The second-order valence-electron chi connectivity index (χ2n) is 4.32. The number of halogens is 1. The second-order valence-corrected chi connectivity index (χ2v) is 4.73. The molecule has 0 atom stereocenters. The van der Waals surface area contributed by atoms with Crippen LogP contribution in [0, 0.1) is 0 Å². The third-order valence-corrected chi connectivity index (χ3v) is 3.26. The minimum absolute atomic E-state index is 0.803. The van der Waals surface area contributed by atoms with Crippen LogP contribution >= 0.6 is 11.6 Å². The standard InChI is InChI=1S/C14H18ClN3/c1-3-7-16-10-12-5-4-11(9-13(12)15)14-6-8-17-18(14)2/h4-6,8-9,16H,3,7,10H2,1-2H3. The molecule has 0 aliphatic rings. The molecule has 2 aromatic rings. The fraction of sp³-hybridized carbons (Fsp3) is 0.357. The highest BCUT2D eigenvalue weighted by molar-refractivity contribution is 6.31. The molecule has 0 aliphatic carbocycles. The summed E-state index contributed by atoms with van der Waals surface area (Å²) in [6.45, 7) is 3.98. The van der Waals surface area contributed by atoms with Crippen molar-refractivity contribution in [3.63, 3.8) is 0 Å². The van der Waals surface area contributed by atoms with Gasteiger partial charge in [0.1, 0.15) is 0 Å². The van der Waals surface area contributed by atoms with E-state index in [0.717, 1.165) is 41.4 Å². The maximum atomic E-state index is 6.31. The van der Waals surface area contributed by atoms with Crippen LogP contribution in [0.15, 0.2) is 30.5 Å². The molecule has 0 fully saturated rings. The molecule has 1 heterocycles. The van der Waals surface area contributed by atoms with Crippen LogP contribution in [-0.2, 0) is 13.6 Å². The molecule has 0 spiro atoms. The summed E-state index contributed by atoms with van der Waals surface area (Å²) in [4.78, 5) is 0. The van der Waals surface area contributed by atoms with E-state index in [-0.39, 0.29) is 0 Å². The van der Waals surface area contributed by atoms with Gasteiger partial charge in [-0.05, 0) is 30.7 Å². The Balaban J connectivity index is 2.17. The molecule has 0 radical (unpaired) electrons. The highest BCUT2D eigenvalue weighted by Gasteiger charge is 2.06. The van der Waals surface area contributed by atoms with Crippen molar-refractivity contribution in [2.45, 2.75) is 19.9 Å². The highest BCUT2D eigenvalue weighted by Crippen LogP contribution is 2.25. The van der Waals surface area contributed by atoms with Crippen molar-refractivity contribution in [1.82, 2.24) is 15.1 Å². The van der Waals surface area contributed by atoms with Crippen LogP contribution in [-0.4, -0.2) is 16.3 Å². The number of benzene rings is 1. The average molecular weight is 264 g/mol. The van der Waals surface area contributed by atoms with Crippen LogP contribution in [0.1, 0.15) is 18.9 Å². The molecule has 0 saturated carbocycles. The van der Waals surface area contributed by atoms with Gasteiger partial charge in [-0.3, -0.25) is 4.68 Å². The van der Waals surface area contributed by atoms with Gasteiger partial charge in [0.2, 0.25) is 0 Å². The molecule has 1 N–H and O–H groups in total. The van der Waals surface area contributed by atoms with Crippen molar-refractivity contribution >= 4 is 11.6 Å². The van der Waals surface area contributed by atoms with Crippen molar-refractivity contribution < 1.29 is 0 Å². The molecule has 0 saturated heterocycles. The lowest BCUT2D eigenvalue weighted by Gasteiger charge is -2.08. The van der Waals surface area contributed by atoms with Crippen LogP contribution in [0.3, 0.4) is 0 Å². The Bertz CT molecular complexity index is 520. The van der Waals surface area contributed by atoms with E-state index in [4.69, 9.17) is 11.6 Å². The van der Waals surface area contributed by atoms with Crippen molar-refractivity contribution in [2.75, 3.05) is 6.54 Å². The molecule has 0 unspecified atom stereocenters. The zero-order valence-electron chi connectivity index (χ0n) is 10.8. The van der Waals surface area contributed by atoms with E-state index >= 15 is 0 Å². The summed E-state index contributed by atoms with van der Waals surface area (Å²) in [6.07, 6.45) is 2.92. The van der Waals surface area contributed by atoms with Gasteiger partial charge in [-0.2, -0.15) is 5.10 Å². The molecule has 18 heavy (non-hydrogen) atoms. The minimum atomic E-state index is 0.803. The third-order valence-electron chi connectivity index (χ3n) is 2.91. The van der Waals surface area contributed by atoms with Gasteiger partial charge in [0.05, 0.1) is 5.69 Å². The lowest BCUT2D eigenvalue weighted by molar-refractivity contribution is 0.675. The summed E-state index contributed by atoms with van der Waals surface area (Å²) >= 11 is 6.31. The largest absolute Gasteiger partial charge is 0.313 e. The molecule has 1 aromatic heterocycles. The van der Waals surface area contributed by atoms with Gasteiger partial charge in [0.25, 0.3) is 0 Å². The van der Waals surface area contributed by atoms with E-state index in [1.54, 1.807) is 6.20 Å². The molecule has 0 aliphatic heterocycles. The predicted octanol–water partition coefficient (Wildman–Crippen LogP) is 3.24. The summed E-state index contributed by atoms with van der Waals surface area (Å²) in [6, 6.07) is 8.15. The van der Waals surface area contributed by atoms with E-state index in [2.05, 4.69) is 29.5 Å². The Morgan fingerprint density at radius 2 is 2.17 bits per heavy atom. The van der Waals surface area contributed by atoms with Gasteiger partial charge in [0, 0.05) is 30.4 Å². The topological polar surface area (TPSA) is 29.9 Å². The third kappa shape index (κ3) is 2.92. The lowest BCUT2D eigenvalue weighted by atomic mass is 10.1. The fourth-order valence-electron chi connectivity index (χ4n) is 1.91. The quantitative estimate of drug-likeness (QED) is 0.840. The molecule has 4 heteroatoms. The van der Waals surface area contributed by atoms with Crippen LogP contribution in [0.2, 0.25) is 5.02 Å². The fourth-order valence-corrected chi connectivity index (χ4v) is 2.15. The Hall–Kier alpha value is -1.32. The Kier molecular flexibility index (Phi) is 4.39. The van der Waals surface area contributed by atoms with Gasteiger partial charge >= 0.3 is 0 Å². The number of nitrogens with zero attached hydrogens (tertiary/aromatic N) is 2. The molecule has 1 aromatic carbocycles. The van der Waals surface area contributed by atoms with Crippen molar-refractivity contribution in [3.05, 3.63) is 41.0 Å². The first-order chi connectivity index (χ1) is 8.72. The van der Waals surface area contributed by atoms with E-state index in [0.29, 0.717) is 0 Å². The maximum absolute atomic E-state index is 6.31. The van der Waals surface area contributed by atoms with Crippen LogP contribution in [0.4, 0.5) is 0 Å². The van der Waals surface area contributed by atoms with Gasteiger partial charge in [0.15, 0.2) is 0 Å². The summed E-state index contributed by atoms with van der Waals surface area (Å²) in [5, 5.41) is 8.33. The van der Waals surface area contributed by atoms with Crippen molar-refractivity contribution in [2.24, 2.45) is 7.05 Å². The van der Waals surface area contributed by atoms with Crippen molar-refractivity contribution in [3.8, 4) is 11.3 Å². The van der Waals surface area contributed by atoms with E-state index < -0.39 is 0 Å². The van der Waals surface area contributed by atoms with Gasteiger partial charge in [-0.25, -0.2) is 0 Å². The predicted molar refractivity (Wildman–Crippen MR) is 75.7 cm³/mol. The molecule has 3 nitrogen and oxygen atoms in total. The summed E-state index contributed by atoms with van der Waals surface area (Å²) < 4.78 is 1.85. The van der Waals surface area contributed by atoms with E-state index in [9.17, 15) is 0 Å². The lowest BCUT2D eigenvalue weighted by Crippen LogP contribution is -2.14. The zero-order valence-corrected chi connectivity index (χ0v) is 11.5. The Morgan fingerprint density at radius 1 is 1.33 bits per heavy atom. The van der Waals surface area contributed by atoms with E-state index in [1.807, 2.05) is 23.9 Å². The summed E-state index contributed by atoms with van der Waals surface area (Å²) in [5.41, 5.74) is 3.31. The van der Waals surface area contributed by atoms with Gasteiger partial charge < -0.3 is 5.32 Å². The number of hydrogen-bond acceptors (Lipinski definition) is 2. The smallest absolute Gasteiger partial charge is 0.0679 e. The number of aromatic nitrogens is 2. The van der Waals surface area contributed by atoms with Crippen molar-refractivity contribution in [1.29, 1.82) is 0 Å². The van der Waals surface area contributed by atoms with E-state index in [1.165, 1.54) is 0 Å². The molecule has 96 valence electrons. The first-order valence-corrected chi connectivity index (χ1v) is 6.57. The SMILES string of the molecule is CCCNCc1ccc(-c2ccnn2C)cc1Cl. The molecular formula is C14H18ClN3. The first kappa shape index (κ1) is 13.1. The number of nitrogens with one attached hydrogen (secondary N) is 1. The minimum Gasteiger partial charge on any atom is -0.313 e. The zero-order chi connectivity index (χ0) is 13.0. The maximum Gasteiger partial charge on any atom is 0.0679 e.